The molecule has 84 valence electrons. The predicted octanol–water partition coefficient (Wildman–Crippen LogP) is 1.23. The minimum Gasteiger partial charge on any atom is -0.355 e. The molecule has 1 unspecified atom stereocenters. The van der Waals surface area contributed by atoms with Crippen molar-refractivity contribution in [1.29, 1.82) is 0 Å². The second-order valence-electron chi connectivity index (χ2n) is 3.76. The Morgan fingerprint density at radius 3 is 2.57 bits per heavy atom. The summed E-state index contributed by atoms with van der Waals surface area (Å²) >= 11 is 1.83. The van der Waals surface area contributed by atoms with E-state index in [4.69, 9.17) is 5.73 Å². The van der Waals surface area contributed by atoms with Crippen molar-refractivity contribution in [2.45, 2.75) is 32.7 Å². The largest absolute Gasteiger partial charge is 0.355 e. The van der Waals surface area contributed by atoms with E-state index in [1.807, 2.05) is 25.6 Å². The lowest BCUT2D eigenvalue weighted by Gasteiger charge is -2.15. The highest BCUT2D eigenvalue weighted by molar-refractivity contribution is 7.98. The summed E-state index contributed by atoms with van der Waals surface area (Å²) in [6.45, 7) is 4.66. The summed E-state index contributed by atoms with van der Waals surface area (Å²) < 4.78 is 0. The van der Waals surface area contributed by atoms with Gasteiger partial charge >= 0.3 is 0 Å². The van der Waals surface area contributed by atoms with E-state index in [2.05, 4.69) is 11.6 Å². The third kappa shape index (κ3) is 6.27. The molecule has 0 bridgehead atoms. The zero-order valence-corrected chi connectivity index (χ0v) is 10.2. The van der Waals surface area contributed by atoms with Gasteiger partial charge in [-0.1, -0.05) is 13.8 Å². The molecule has 4 heteroatoms. The monoisotopic (exact) mass is 218 g/mol. The summed E-state index contributed by atoms with van der Waals surface area (Å²) in [4.78, 5) is 11.4. The van der Waals surface area contributed by atoms with E-state index in [1.165, 1.54) is 0 Å². The molecular weight excluding hydrogens is 196 g/mol. The van der Waals surface area contributed by atoms with Crippen molar-refractivity contribution in [3.63, 3.8) is 0 Å². The first-order valence-corrected chi connectivity index (χ1v) is 6.51. The van der Waals surface area contributed by atoms with Crippen LogP contribution in [0.1, 0.15) is 26.7 Å². The number of hydrogen-bond acceptors (Lipinski definition) is 3. The average Bonchev–Trinajstić information content (AvgIpc) is 2.16. The third-order valence-electron chi connectivity index (χ3n) is 2.10. The minimum atomic E-state index is -0.365. The van der Waals surface area contributed by atoms with E-state index in [-0.39, 0.29) is 17.9 Å². The number of nitrogens with one attached hydrogen (secondary N) is 1. The van der Waals surface area contributed by atoms with Gasteiger partial charge in [-0.25, -0.2) is 0 Å². The predicted molar refractivity (Wildman–Crippen MR) is 63.4 cm³/mol. The summed E-state index contributed by atoms with van der Waals surface area (Å²) in [5, 5.41) is 2.85. The van der Waals surface area contributed by atoms with Gasteiger partial charge in [0, 0.05) is 6.54 Å². The number of carbonyl (C=O) groups is 1. The fourth-order valence-corrected chi connectivity index (χ4v) is 1.50. The second kappa shape index (κ2) is 8.12. The van der Waals surface area contributed by atoms with Crippen LogP contribution in [-0.4, -0.2) is 30.5 Å². The molecule has 0 saturated carbocycles. The average molecular weight is 218 g/mol. The van der Waals surface area contributed by atoms with Crippen LogP contribution >= 0.6 is 11.8 Å². The Morgan fingerprint density at radius 2 is 2.07 bits per heavy atom. The summed E-state index contributed by atoms with van der Waals surface area (Å²) in [6, 6.07) is -0.365. The number of unbranched alkanes of at least 4 members (excludes halogenated alkanes) is 1. The van der Waals surface area contributed by atoms with Crippen molar-refractivity contribution in [2.24, 2.45) is 11.7 Å². The van der Waals surface area contributed by atoms with E-state index < -0.39 is 0 Å². The Kier molecular flexibility index (Phi) is 7.99. The number of carbonyl (C=O) groups excluding carboxylic acids is 1. The molecule has 1 atom stereocenters. The van der Waals surface area contributed by atoms with Crippen molar-refractivity contribution < 1.29 is 4.79 Å². The van der Waals surface area contributed by atoms with Crippen LogP contribution in [0.4, 0.5) is 0 Å². The molecule has 3 N–H and O–H groups in total. The van der Waals surface area contributed by atoms with E-state index in [1.54, 1.807) is 0 Å². The fraction of sp³-hybridized carbons (Fsp3) is 0.900. The number of hydrogen-bond donors (Lipinski definition) is 2. The van der Waals surface area contributed by atoms with Gasteiger partial charge in [-0.2, -0.15) is 11.8 Å². The van der Waals surface area contributed by atoms with E-state index in [0.717, 1.165) is 25.1 Å². The van der Waals surface area contributed by atoms with E-state index in [0.29, 0.717) is 0 Å². The van der Waals surface area contributed by atoms with Crippen LogP contribution < -0.4 is 11.1 Å². The zero-order chi connectivity index (χ0) is 11.0. The minimum absolute atomic E-state index is 0.0239. The summed E-state index contributed by atoms with van der Waals surface area (Å²) in [7, 11) is 0. The highest BCUT2D eigenvalue weighted by atomic mass is 32.2. The van der Waals surface area contributed by atoms with Gasteiger partial charge in [-0.3, -0.25) is 4.79 Å². The molecule has 0 heterocycles. The Morgan fingerprint density at radius 1 is 1.43 bits per heavy atom. The first-order valence-electron chi connectivity index (χ1n) is 5.11. The van der Waals surface area contributed by atoms with Gasteiger partial charge in [-0.05, 0) is 30.8 Å². The molecule has 0 radical (unpaired) electrons. The lowest BCUT2D eigenvalue weighted by Crippen LogP contribution is -2.44. The lowest BCUT2D eigenvalue weighted by atomic mass is 10.1. The topological polar surface area (TPSA) is 55.1 Å². The molecule has 14 heavy (non-hydrogen) atoms. The standard InChI is InChI=1S/C10H22N2OS/c1-8(2)9(11)10(13)12-6-4-5-7-14-3/h8-9H,4-7,11H2,1-3H3,(H,12,13). The molecule has 0 aliphatic carbocycles. The Labute approximate surface area is 91.2 Å². The van der Waals surface area contributed by atoms with Crippen LogP contribution in [0.2, 0.25) is 0 Å². The molecule has 0 spiro atoms. The Balaban J connectivity index is 3.44. The zero-order valence-electron chi connectivity index (χ0n) is 9.38. The Bertz CT molecular complexity index is 162. The van der Waals surface area contributed by atoms with Crippen LogP contribution in [0.5, 0.6) is 0 Å². The van der Waals surface area contributed by atoms with Crippen LogP contribution in [0.25, 0.3) is 0 Å². The third-order valence-corrected chi connectivity index (χ3v) is 2.79. The van der Waals surface area contributed by atoms with Gasteiger partial charge in [0.05, 0.1) is 6.04 Å². The van der Waals surface area contributed by atoms with Crippen molar-refractivity contribution in [3.8, 4) is 0 Å². The molecular formula is C10H22N2OS. The highest BCUT2D eigenvalue weighted by Crippen LogP contribution is 1.99. The molecule has 0 aromatic heterocycles. The fourth-order valence-electron chi connectivity index (χ4n) is 1.00. The summed E-state index contributed by atoms with van der Waals surface area (Å²) in [5.41, 5.74) is 5.68. The van der Waals surface area contributed by atoms with Gasteiger partial charge in [0.2, 0.25) is 5.91 Å². The van der Waals surface area contributed by atoms with Crippen LogP contribution in [0.15, 0.2) is 0 Å². The molecule has 0 aliphatic rings. The second-order valence-corrected chi connectivity index (χ2v) is 4.75. The maximum absolute atomic E-state index is 11.4. The molecule has 0 saturated heterocycles. The Hall–Kier alpha value is -0.220. The van der Waals surface area contributed by atoms with E-state index >= 15 is 0 Å². The van der Waals surface area contributed by atoms with Gasteiger partial charge in [0.1, 0.15) is 0 Å². The number of rotatable bonds is 7. The highest BCUT2D eigenvalue weighted by Gasteiger charge is 2.15. The van der Waals surface area contributed by atoms with Gasteiger partial charge in [-0.15, -0.1) is 0 Å². The van der Waals surface area contributed by atoms with Gasteiger partial charge in [0.25, 0.3) is 0 Å². The molecule has 0 aromatic rings. The first kappa shape index (κ1) is 13.8. The summed E-state index contributed by atoms with van der Waals surface area (Å²) in [5.74, 6) is 1.34. The van der Waals surface area contributed by atoms with Crippen molar-refractivity contribution in [3.05, 3.63) is 0 Å². The SMILES string of the molecule is CSCCCCNC(=O)C(N)C(C)C. The van der Waals surface area contributed by atoms with Crippen LogP contribution in [0, 0.1) is 5.92 Å². The molecule has 1 amide bonds. The van der Waals surface area contributed by atoms with Crippen molar-refractivity contribution in [1.82, 2.24) is 5.32 Å². The number of thioether (sulfide) groups is 1. The lowest BCUT2D eigenvalue weighted by molar-refractivity contribution is -0.123. The normalized spacial score (nSPS) is 12.9. The van der Waals surface area contributed by atoms with E-state index in [9.17, 15) is 4.79 Å². The van der Waals surface area contributed by atoms with Crippen LogP contribution in [-0.2, 0) is 4.79 Å². The van der Waals surface area contributed by atoms with Gasteiger partial charge < -0.3 is 11.1 Å². The molecule has 3 nitrogen and oxygen atoms in total. The molecule has 0 aliphatic heterocycles. The van der Waals surface area contributed by atoms with Gasteiger partial charge in [0.15, 0.2) is 0 Å². The molecule has 0 fully saturated rings. The summed E-state index contributed by atoms with van der Waals surface area (Å²) in [6.07, 6.45) is 4.28. The first-order chi connectivity index (χ1) is 6.59. The number of nitrogens with two attached hydrogens (primary N) is 1. The quantitative estimate of drug-likeness (QED) is 0.632. The maximum atomic E-state index is 11.4. The molecule has 0 rings (SSSR count). The van der Waals surface area contributed by atoms with Crippen molar-refractivity contribution >= 4 is 17.7 Å². The smallest absolute Gasteiger partial charge is 0.237 e. The molecule has 0 aromatic carbocycles. The van der Waals surface area contributed by atoms with Crippen LogP contribution in [0.3, 0.4) is 0 Å². The number of amides is 1. The van der Waals surface area contributed by atoms with Crippen molar-refractivity contribution in [2.75, 3.05) is 18.6 Å². The maximum Gasteiger partial charge on any atom is 0.237 e.